The first-order valence-electron chi connectivity index (χ1n) is 46.2. The molecular weight excluding hydrogens is 1590 g/mol. The molecule has 16 aromatic rings. The average Bonchev–Trinajstić information content (AvgIpc) is 1.54. The second-order valence-corrected chi connectivity index (χ2v) is 54.2. The van der Waals surface area contributed by atoms with Gasteiger partial charge in [-0.3, -0.25) is 0 Å². The molecule has 14 aromatic carbocycles. The van der Waals surface area contributed by atoms with Gasteiger partial charge < -0.3 is 28.4 Å². The standard InChI is InChI=1S/C120H130N4O2SSi/c1-113(2,3)77-35-47-83(48-36-77)121(84-49-37-78(38-50-84)114(4,5)6)91-63-69-95-99(73-91)119(17,18)101-75-103(109-97-31-27-29-33-105(97)125-111(109)107(95)101)123(87-51-39-79(40-52-87)115(7,8)9)89-57-45-82(46-58-89)118(15,16)72-71-117(13,14)81-43-55-85(56-44-81)122(86-59-65-93(66-60-86)127(21,22)23)92-64-70-96-100(74-92)120(19,20)102-76-104(110-98-32-28-30-34-106(98)126-112(110)108(96)102)124(88-53-41-80(42-54-88)116(10,11)12)90-61-67-94(68-62-90)128(24,25)26/h27-70,73-76H,71-72H2,1-26H3. The summed E-state index contributed by atoms with van der Waals surface area (Å²) in [6, 6.07) is 112. The van der Waals surface area contributed by atoms with Gasteiger partial charge in [0.05, 0.1) is 30.2 Å². The SMILES string of the molecule is CC(C)(C)c1ccc(N(c2ccc(C(C)(C)C)cc2)c2ccc3c(c2)C(C)(C)c2cc(N(c4ccc(C(C)(C)C)cc4)c4ccc(C(C)(C)CCC(C)(C)c5ccc(N(c6ccc(S(C)(C)C)cc6)c6ccc7c(c6)C(C)(C)c6cc(N(c8ccc(C(C)(C)C)cc8)c8ccc([Si](C)(C)C)cc8)c8c(oc9ccccc98)c6-7)cc5)cc4)c4c(oc5ccccc54)c2-3)cc1. The molecule has 128 heavy (non-hydrogen) atoms. The van der Waals surface area contributed by atoms with E-state index in [0.29, 0.717) is 0 Å². The fourth-order valence-electron chi connectivity index (χ4n) is 20.1. The summed E-state index contributed by atoms with van der Waals surface area (Å²) < 4.78 is 14.6. The fraction of sp³-hybridized carbons (Fsp3) is 0.300. The van der Waals surface area contributed by atoms with Crippen molar-refractivity contribution < 1.29 is 8.83 Å². The molecule has 8 heteroatoms. The lowest BCUT2D eigenvalue weighted by molar-refractivity contribution is 0.375. The van der Waals surface area contributed by atoms with Crippen molar-refractivity contribution in [2.45, 2.75) is 219 Å². The summed E-state index contributed by atoms with van der Waals surface area (Å²) in [5.41, 5.74) is 33.4. The molecule has 0 fully saturated rings. The summed E-state index contributed by atoms with van der Waals surface area (Å²) >= 11 is 0. The topological polar surface area (TPSA) is 39.2 Å². The van der Waals surface area contributed by atoms with Crippen LogP contribution in [0.15, 0.2) is 305 Å². The number of para-hydroxylation sites is 2. The Balaban J connectivity index is 0.669. The van der Waals surface area contributed by atoms with E-state index in [2.05, 4.69) is 488 Å². The number of anilines is 12. The van der Waals surface area contributed by atoms with Gasteiger partial charge in [-0.15, -0.1) is 0 Å². The molecular formula is C120H130N4O2SSi. The minimum atomic E-state index is -1.61. The maximum absolute atomic E-state index is 7.33. The summed E-state index contributed by atoms with van der Waals surface area (Å²) in [7, 11) is -2.59. The molecule has 0 spiro atoms. The van der Waals surface area contributed by atoms with Gasteiger partial charge >= 0.3 is 0 Å². The molecule has 2 heterocycles. The van der Waals surface area contributed by atoms with E-state index in [4.69, 9.17) is 8.83 Å². The summed E-state index contributed by atoms with van der Waals surface area (Å²) in [5, 5.41) is 5.87. The number of hydrogen-bond acceptors (Lipinski definition) is 6. The summed E-state index contributed by atoms with van der Waals surface area (Å²) in [6.07, 6.45) is 9.11. The third-order valence-electron chi connectivity index (χ3n) is 28.4. The second-order valence-electron chi connectivity index (χ2n) is 45.0. The number of hydrogen-bond donors (Lipinski definition) is 0. The van der Waals surface area contributed by atoms with E-state index in [0.717, 1.165) is 125 Å². The van der Waals surface area contributed by atoms with E-state index in [9.17, 15) is 0 Å². The van der Waals surface area contributed by atoms with Crippen molar-refractivity contribution in [1.82, 2.24) is 0 Å². The monoisotopic (exact) mass is 1720 g/mol. The summed E-state index contributed by atoms with van der Waals surface area (Å²) in [5.74, 6) is 0. The Morgan fingerprint density at radius 1 is 0.289 bits per heavy atom. The molecule has 18 rings (SSSR count). The minimum Gasteiger partial charge on any atom is -0.455 e. The Labute approximate surface area is 765 Å². The Morgan fingerprint density at radius 3 is 0.844 bits per heavy atom. The lowest BCUT2D eigenvalue weighted by atomic mass is 9.73. The maximum Gasteiger partial charge on any atom is 0.145 e. The molecule has 2 aliphatic rings. The third kappa shape index (κ3) is 15.6. The molecule has 0 saturated carbocycles. The van der Waals surface area contributed by atoms with E-state index >= 15 is 0 Å². The van der Waals surface area contributed by atoms with Crippen LogP contribution in [0.5, 0.6) is 0 Å². The Morgan fingerprint density at radius 2 is 0.555 bits per heavy atom. The highest BCUT2D eigenvalue weighted by Crippen LogP contribution is 2.61. The van der Waals surface area contributed by atoms with E-state index in [1.54, 1.807) is 0 Å². The van der Waals surface area contributed by atoms with Gasteiger partial charge in [-0.05, 0) is 293 Å². The van der Waals surface area contributed by atoms with Gasteiger partial charge in [0.15, 0.2) is 0 Å². The number of rotatable bonds is 19. The second kappa shape index (κ2) is 31.1. The van der Waals surface area contributed by atoms with Crippen molar-refractivity contribution in [1.29, 1.82) is 0 Å². The van der Waals surface area contributed by atoms with Gasteiger partial charge in [0.25, 0.3) is 0 Å². The van der Waals surface area contributed by atoms with Gasteiger partial charge in [-0.1, -0.05) is 297 Å². The highest BCUT2D eigenvalue weighted by molar-refractivity contribution is 8.32. The molecule has 0 bridgehead atoms. The van der Waals surface area contributed by atoms with Crippen LogP contribution in [0.4, 0.5) is 68.2 Å². The lowest BCUT2D eigenvalue weighted by Gasteiger charge is -2.33. The Hall–Kier alpha value is -11.6. The molecule has 0 aliphatic heterocycles. The molecule has 0 amide bonds. The number of furan rings is 2. The first-order chi connectivity index (χ1) is 60.2. The highest BCUT2D eigenvalue weighted by atomic mass is 32.3. The quantitative estimate of drug-likeness (QED) is 0.0752. The van der Waals surface area contributed by atoms with Gasteiger partial charge in [0, 0.05) is 89.6 Å². The van der Waals surface area contributed by atoms with Crippen LogP contribution in [0.3, 0.4) is 0 Å². The predicted octanol–water partition coefficient (Wildman–Crippen LogP) is 34.8. The number of nitrogens with zero attached hydrogens (tertiary/aromatic N) is 4. The van der Waals surface area contributed by atoms with Crippen molar-refractivity contribution >= 4 is 135 Å². The van der Waals surface area contributed by atoms with E-state index in [1.807, 2.05) is 0 Å². The highest BCUT2D eigenvalue weighted by Gasteiger charge is 2.44. The summed E-state index contributed by atoms with van der Waals surface area (Å²) in [4.78, 5) is 11.3. The smallest absolute Gasteiger partial charge is 0.145 e. The van der Waals surface area contributed by atoms with E-state index in [-0.39, 0.29) is 32.5 Å². The van der Waals surface area contributed by atoms with Gasteiger partial charge in [0.1, 0.15) is 22.3 Å². The molecule has 0 unspecified atom stereocenters. The van der Waals surface area contributed by atoms with Crippen molar-refractivity contribution in [3.63, 3.8) is 0 Å². The molecule has 2 aromatic heterocycles. The van der Waals surface area contributed by atoms with Crippen LogP contribution in [0.2, 0.25) is 19.6 Å². The van der Waals surface area contributed by atoms with Crippen LogP contribution in [0, 0.1) is 0 Å². The Bertz CT molecular complexity index is 6810. The number of benzene rings is 14. The van der Waals surface area contributed by atoms with Crippen molar-refractivity contribution in [3.8, 4) is 22.3 Å². The zero-order valence-electron chi connectivity index (χ0n) is 80.6. The van der Waals surface area contributed by atoms with Crippen LogP contribution >= 0.6 is 10.0 Å². The van der Waals surface area contributed by atoms with Crippen LogP contribution in [0.25, 0.3) is 66.1 Å². The predicted molar refractivity (Wildman–Crippen MR) is 558 cm³/mol. The van der Waals surface area contributed by atoms with Crippen LogP contribution in [0.1, 0.15) is 207 Å². The van der Waals surface area contributed by atoms with E-state index in [1.165, 1.54) is 88.0 Å². The average molecular weight is 1720 g/mol. The van der Waals surface area contributed by atoms with Gasteiger partial charge in [-0.25, -0.2) is 10.0 Å². The zero-order chi connectivity index (χ0) is 90.9. The lowest BCUT2D eigenvalue weighted by Crippen LogP contribution is -2.37. The van der Waals surface area contributed by atoms with Crippen LogP contribution in [-0.4, -0.2) is 26.8 Å². The normalized spacial score (nSPS) is 14.2. The maximum atomic E-state index is 7.33. The third-order valence-corrected chi connectivity index (χ3v) is 32.2. The van der Waals surface area contributed by atoms with Crippen molar-refractivity contribution in [2.75, 3.05) is 38.4 Å². The van der Waals surface area contributed by atoms with Gasteiger partial charge in [0.2, 0.25) is 0 Å². The van der Waals surface area contributed by atoms with Crippen LogP contribution < -0.4 is 24.8 Å². The first-order valence-corrected chi connectivity index (χ1v) is 52.6. The van der Waals surface area contributed by atoms with E-state index < -0.39 is 28.9 Å². The minimum absolute atomic E-state index is 0.00359. The molecule has 2 aliphatic carbocycles. The molecule has 0 N–H and O–H groups in total. The van der Waals surface area contributed by atoms with Crippen molar-refractivity contribution in [2.24, 2.45) is 0 Å². The molecule has 0 atom stereocenters. The molecule has 0 radical (unpaired) electrons. The molecule has 0 saturated heterocycles. The molecule has 6 nitrogen and oxygen atoms in total. The Kier molecular flexibility index (Phi) is 21.2. The summed E-state index contributed by atoms with van der Waals surface area (Å²) in [6.45, 7) is 54.2. The van der Waals surface area contributed by atoms with Crippen molar-refractivity contribution in [3.05, 3.63) is 347 Å². The largest absolute Gasteiger partial charge is 0.455 e. The molecule has 652 valence electrons. The fourth-order valence-corrected chi connectivity index (χ4v) is 22.2. The van der Waals surface area contributed by atoms with Crippen LogP contribution in [-0.2, 0) is 43.3 Å². The number of fused-ring (bicyclic) bond motifs is 14. The first kappa shape index (κ1) is 87.2. The zero-order valence-corrected chi connectivity index (χ0v) is 82.5. The van der Waals surface area contributed by atoms with Gasteiger partial charge in [-0.2, -0.15) is 0 Å².